The summed E-state index contributed by atoms with van der Waals surface area (Å²) in [6.07, 6.45) is 14.5. The number of nitrogens with zero attached hydrogens (tertiary/aromatic N) is 2. The molecule has 3 aromatic rings. The fourth-order valence-electron chi connectivity index (χ4n) is 4.61. The second-order valence-corrected chi connectivity index (χ2v) is 10.9. The quantitative estimate of drug-likeness (QED) is 0.261. The number of hydrogen-bond acceptors (Lipinski definition) is 10. The van der Waals surface area contributed by atoms with Crippen molar-refractivity contribution in [3.63, 3.8) is 0 Å². The van der Waals surface area contributed by atoms with Crippen molar-refractivity contribution in [1.82, 2.24) is 0 Å². The number of benzene rings is 3. The minimum absolute atomic E-state index is 0.587. The monoisotopic (exact) mass is 645 g/mol. The summed E-state index contributed by atoms with van der Waals surface area (Å²) in [6, 6.07) is 20.2. The number of nitrogen functional groups attached to an aromatic ring is 2. The maximum atomic E-state index is 8.49. The smallest absolute Gasteiger partial charge is 0.142 e. The normalized spacial score (nSPS) is 12.9. The number of halogens is 1. The summed E-state index contributed by atoms with van der Waals surface area (Å²) in [4.78, 5) is 6.60. The maximum absolute atomic E-state index is 8.49. The van der Waals surface area contributed by atoms with Crippen LogP contribution in [-0.4, -0.2) is 40.6 Å². The molecule has 0 radical (unpaired) electrons. The Morgan fingerprint density at radius 1 is 0.783 bits per heavy atom. The molecule has 0 aliphatic heterocycles. The number of rotatable bonds is 9. The molecule has 0 saturated carbocycles. The summed E-state index contributed by atoms with van der Waals surface area (Å²) < 4.78 is 44.9. The van der Waals surface area contributed by atoms with E-state index in [1.165, 1.54) is 0 Å². The largest absolute Gasteiger partial charge is 0.495 e. The molecular weight excluding hydrogens is 608 g/mol. The Labute approximate surface area is 272 Å². The van der Waals surface area contributed by atoms with Gasteiger partial charge in [0.2, 0.25) is 0 Å². The molecule has 242 valence electrons. The zero-order valence-corrected chi connectivity index (χ0v) is 27.2. The average Bonchev–Trinajstić information content (AvgIpc) is 3.01. The van der Waals surface area contributed by atoms with Crippen molar-refractivity contribution in [2.24, 2.45) is 4.99 Å². The first-order chi connectivity index (χ1) is 21.8. The number of nitrogens with two attached hydrogens (primary N) is 2. The highest BCUT2D eigenvalue weighted by atomic mass is 35.7. The highest BCUT2D eigenvalue weighted by Crippen LogP contribution is 2.33. The van der Waals surface area contributed by atoms with Gasteiger partial charge in [-0.05, 0) is 88.9 Å². The van der Waals surface area contributed by atoms with Gasteiger partial charge in [0.15, 0.2) is 0 Å². The molecule has 1 aliphatic rings. The van der Waals surface area contributed by atoms with Crippen LogP contribution in [0.1, 0.15) is 23.6 Å². The number of methoxy groups -OCH3 is 2. The Morgan fingerprint density at radius 2 is 1.37 bits per heavy atom. The van der Waals surface area contributed by atoms with Gasteiger partial charge in [-0.2, -0.15) is 0 Å². The SMILES string of the molecule is CCN=C1C=CC(=C(C=CC=C(c2ccc(N(C)C)cc2)c2ccc(OC)c(N)c2)c2ccc(N)c(OC)c2)C=C1.[O-][Cl+3]([O-])([O-])[O-]. The Bertz CT molecular complexity index is 1660. The molecule has 10 nitrogen and oxygen atoms in total. The molecule has 1 aliphatic carbocycles. The number of aliphatic imine (C=N–C) groups is 1. The standard InChI is InChI=1S/C35H38N4O2.ClHO4/c1-6-38-28-16-10-24(11-17-28)31(27-14-20-32(36)35(23-27)41-5)9-7-8-30(25-12-18-29(19-13-25)39(2)3)26-15-21-34(40-4)33(37)22-26;2-1(3,4)5/h7-23H,6,36-37H2,1-5H3;(H,2,3,4,5)/p-1. The van der Waals surface area contributed by atoms with E-state index in [0.717, 1.165) is 51.4 Å². The Hall–Kier alpha value is -4.84. The lowest BCUT2D eigenvalue weighted by Gasteiger charge is -2.17. The summed E-state index contributed by atoms with van der Waals surface area (Å²) in [5, 5.41) is 0. The molecule has 0 spiro atoms. The molecular formula is C35H38ClN4O6-. The first-order valence-electron chi connectivity index (χ1n) is 14.1. The van der Waals surface area contributed by atoms with E-state index < -0.39 is 10.2 Å². The van der Waals surface area contributed by atoms with E-state index in [4.69, 9.17) is 39.6 Å². The minimum atomic E-state index is -4.94. The summed E-state index contributed by atoms with van der Waals surface area (Å²) in [5.41, 5.74) is 21.9. The molecule has 0 unspecified atom stereocenters. The molecule has 0 amide bonds. The summed E-state index contributed by atoms with van der Waals surface area (Å²) >= 11 is 0. The molecule has 4 rings (SSSR count). The number of allylic oxidation sites excluding steroid dienone is 9. The Kier molecular flexibility index (Phi) is 12.8. The van der Waals surface area contributed by atoms with Gasteiger partial charge in [-0.15, -0.1) is 10.2 Å². The van der Waals surface area contributed by atoms with Crippen molar-refractivity contribution in [3.8, 4) is 11.5 Å². The molecule has 0 fully saturated rings. The highest BCUT2D eigenvalue weighted by molar-refractivity contribution is 6.07. The van der Waals surface area contributed by atoms with Crippen molar-refractivity contribution in [2.45, 2.75) is 6.92 Å². The van der Waals surface area contributed by atoms with Gasteiger partial charge >= 0.3 is 0 Å². The molecule has 4 N–H and O–H groups in total. The molecule has 0 aromatic heterocycles. The summed E-state index contributed by atoms with van der Waals surface area (Å²) in [5.74, 6) is 1.29. The van der Waals surface area contributed by atoms with Crippen LogP contribution in [0.2, 0.25) is 0 Å². The van der Waals surface area contributed by atoms with E-state index in [1.807, 2.05) is 69.6 Å². The topological polar surface area (TPSA) is 178 Å². The van der Waals surface area contributed by atoms with Gasteiger partial charge in [-0.1, -0.05) is 54.6 Å². The van der Waals surface area contributed by atoms with Gasteiger partial charge in [0.05, 0.1) is 31.3 Å². The predicted octanol–water partition coefficient (Wildman–Crippen LogP) is 2.21. The summed E-state index contributed by atoms with van der Waals surface area (Å²) in [6.45, 7) is 2.77. The van der Waals surface area contributed by atoms with Crippen LogP contribution in [0.4, 0.5) is 17.1 Å². The molecule has 46 heavy (non-hydrogen) atoms. The van der Waals surface area contributed by atoms with Crippen molar-refractivity contribution in [1.29, 1.82) is 0 Å². The molecule has 11 heteroatoms. The minimum Gasteiger partial charge on any atom is -0.495 e. The summed E-state index contributed by atoms with van der Waals surface area (Å²) in [7, 11) is 2.37. The van der Waals surface area contributed by atoms with Gasteiger partial charge < -0.3 is 25.8 Å². The van der Waals surface area contributed by atoms with E-state index in [9.17, 15) is 0 Å². The predicted molar refractivity (Wildman–Crippen MR) is 175 cm³/mol. The third-order valence-electron chi connectivity index (χ3n) is 6.82. The highest BCUT2D eigenvalue weighted by Gasteiger charge is 2.11. The van der Waals surface area contributed by atoms with E-state index >= 15 is 0 Å². The van der Waals surface area contributed by atoms with Crippen molar-refractivity contribution in [3.05, 3.63) is 125 Å². The number of anilines is 3. The third kappa shape index (κ3) is 10.4. The Balaban J connectivity index is 0.00000107. The third-order valence-corrected chi connectivity index (χ3v) is 6.82. The van der Waals surface area contributed by atoms with Crippen molar-refractivity contribution >= 4 is 33.9 Å². The van der Waals surface area contributed by atoms with Crippen LogP contribution < -0.4 is 44.5 Å². The van der Waals surface area contributed by atoms with Gasteiger partial charge in [0, 0.05) is 26.3 Å². The second kappa shape index (κ2) is 16.5. The van der Waals surface area contributed by atoms with Crippen LogP contribution >= 0.6 is 0 Å². The fraction of sp³-hybridized carbons (Fsp3) is 0.171. The first kappa shape index (κ1) is 35.6. The van der Waals surface area contributed by atoms with Crippen LogP contribution in [0.15, 0.2) is 114 Å². The van der Waals surface area contributed by atoms with Gasteiger partial charge in [-0.25, -0.2) is 18.6 Å². The lowest BCUT2D eigenvalue weighted by Crippen LogP contribution is -2.68. The molecule has 0 saturated heterocycles. The number of ether oxygens (including phenoxy) is 2. The lowest BCUT2D eigenvalue weighted by atomic mass is 9.94. The van der Waals surface area contributed by atoms with Crippen LogP contribution in [0.3, 0.4) is 0 Å². The van der Waals surface area contributed by atoms with E-state index in [1.54, 1.807) is 14.2 Å². The lowest BCUT2D eigenvalue weighted by molar-refractivity contribution is -2.00. The van der Waals surface area contributed by atoms with Crippen LogP contribution in [0, 0.1) is 10.2 Å². The van der Waals surface area contributed by atoms with Gasteiger partial charge in [0.1, 0.15) is 11.5 Å². The second-order valence-electron chi connectivity index (χ2n) is 10.1. The van der Waals surface area contributed by atoms with E-state index in [2.05, 4.69) is 64.5 Å². The van der Waals surface area contributed by atoms with Crippen molar-refractivity contribution in [2.75, 3.05) is 51.2 Å². The number of hydrogen-bond donors (Lipinski definition) is 2. The van der Waals surface area contributed by atoms with Crippen LogP contribution in [0.5, 0.6) is 11.5 Å². The Morgan fingerprint density at radius 3 is 1.91 bits per heavy atom. The van der Waals surface area contributed by atoms with E-state index in [0.29, 0.717) is 22.9 Å². The zero-order valence-electron chi connectivity index (χ0n) is 26.4. The zero-order chi connectivity index (χ0) is 33.9. The van der Waals surface area contributed by atoms with Crippen LogP contribution in [0.25, 0.3) is 11.1 Å². The van der Waals surface area contributed by atoms with E-state index in [-0.39, 0.29) is 0 Å². The average molecular weight is 646 g/mol. The first-order valence-corrected chi connectivity index (χ1v) is 15.4. The molecule has 0 heterocycles. The molecule has 3 aromatic carbocycles. The molecule has 0 bridgehead atoms. The van der Waals surface area contributed by atoms with Gasteiger partial charge in [0.25, 0.3) is 0 Å². The molecule has 0 atom stereocenters. The van der Waals surface area contributed by atoms with Crippen LogP contribution in [-0.2, 0) is 0 Å². The van der Waals surface area contributed by atoms with Crippen molar-refractivity contribution < 1.29 is 38.4 Å². The van der Waals surface area contributed by atoms with Gasteiger partial charge in [-0.3, -0.25) is 4.99 Å². The fourth-order valence-corrected chi connectivity index (χ4v) is 4.61. The maximum Gasteiger partial charge on any atom is 0.142 e.